The first kappa shape index (κ1) is 32.6. The number of ether oxygens (including phenoxy) is 1. The van der Waals surface area contributed by atoms with Gasteiger partial charge >= 0.3 is 0 Å². The van der Waals surface area contributed by atoms with E-state index in [4.69, 9.17) is 27.9 Å². The quantitative estimate of drug-likeness (QED) is 0.261. The summed E-state index contributed by atoms with van der Waals surface area (Å²) in [4.78, 5) is 29.0. The number of hydrogen-bond donors (Lipinski definition) is 1. The van der Waals surface area contributed by atoms with E-state index in [1.54, 1.807) is 49.4 Å². The van der Waals surface area contributed by atoms with Gasteiger partial charge in [0.05, 0.1) is 22.7 Å². The van der Waals surface area contributed by atoms with Crippen LogP contribution in [0.15, 0.2) is 71.6 Å². The highest BCUT2D eigenvalue weighted by Gasteiger charge is 2.33. The molecule has 3 aromatic carbocycles. The second kappa shape index (κ2) is 14.5. The molecule has 230 valence electrons. The minimum Gasteiger partial charge on any atom is -0.495 e. The smallest absolute Gasteiger partial charge is 0.264 e. The van der Waals surface area contributed by atoms with Gasteiger partial charge in [0.25, 0.3) is 10.0 Å². The summed E-state index contributed by atoms with van der Waals surface area (Å²) in [6.07, 6.45) is 4.99. The topological polar surface area (TPSA) is 96.0 Å². The van der Waals surface area contributed by atoms with Crippen LogP contribution in [0.1, 0.15) is 50.2 Å². The zero-order valence-corrected chi connectivity index (χ0v) is 26.9. The van der Waals surface area contributed by atoms with Crippen molar-refractivity contribution in [3.8, 4) is 5.75 Å². The number of rotatable bonds is 11. The maximum atomic E-state index is 14.2. The minimum absolute atomic E-state index is 0.0126. The van der Waals surface area contributed by atoms with Gasteiger partial charge in [0.1, 0.15) is 18.3 Å². The number of amides is 2. The van der Waals surface area contributed by atoms with Crippen molar-refractivity contribution in [2.45, 2.75) is 69.5 Å². The van der Waals surface area contributed by atoms with Crippen LogP contribution in [0.5, 0.6) is 5.75 Å². The molecule has 1 aliphatic rings. The van der Waals surface area contributed by atoms with Gasteiger partial charge in [0, 0.05) is 17.6 Å². The average Bonchev–Trinajstić information content (AvgIpc) is 2.99. The fourth-order valence-electron chi connectivity index (χ4n) is 5.14. The molecule has 0 aromatic heterocycles. The maximum Gasteiger partial charge on any atom is 0.264 e. The maximum absolute atomic E-state index is 14.2. The monoisotopic (exact) mass is 645 g/mol. The van der Waals surface area contributed by atoms with Gasteiger partial charge in [0.2, 0.25) is 11.8 Å². The number of sulfonamides is 1. The normalized spacial score (nSPS) is 14.5. The molecule has 0 heterocycles. The van der Waals surface area contributed by atoms with Gasteiger partial charge in [-0.15, -0.1) is 0 Å². The van der Waals surface area contributed by atoms with Gasteiger partial charge < -0.3 is 15.0 Å². The van der Waals surface area contributed by atoms with Crippen molar-refractivity contribution in [2.24, 2.45) is 0 Å². The minimum atomic E-state index is -4.23. The van der Waals surface area contributed by atoms with Gasteiger partial charge in [-0.25, -0.2) is 8.42 Å². The molecule has 0 bridgehead atoms. The van der Waals surface area contributed by atoms with Crippen LogP contribution in [-0.4, -0.2) is 50.9 Å². The highest BCUT2D eigenvalue weighted by atomic mass is 35.5. The van der Waals surface area contributed by atoms with Crippen LogP contribution < -0.4 is 14.4 Å². The molecule has 3 aromatic rings. The van der Waals surface area contributed by atoms with E-state index < -0.39 is 28.5 Å². The number of aryl methyl sites for hydroxylation is 1. The summed E-state index contributed by atoms with van der Waals surface area (Å²) in [5.41, 5.74) is 1.70. The summed E-state index contributed by atoms with van der Waals surface area (Å²) in [6.45, 7) is 2.94. The van der Waals surface area contributed by atoms with Gasteiger partial charge in [-0.1, -0.05) is 78.4 Å². The molecule has 8 nitrogen and oxygen atoms in total. The Morgan fingerprint density at radius 2 is 1.65 bits per heavy atom. The van der Waals surface area contributed by atoms with Crippen molar-refractivity contribution in [3.63, 3.8) is 0 Å². The second-order valence-electron chi connectivity index (χ2n) is 10.8. The summed E-state index contributed by atoms with van der Waals surface area (Å²) < 4.78 is 34.3. The lowest BCUT2D eigenvalue weighted by atomic mass is 9.95. The number of nitrogens with one attached hydrogen (secondary N) is 1. The Bertz CT molecular complexity index is 1540. The number of methoxy groups -OCH3 is 1. The summed E-state index contributed by atoms with van der Waals surface area (Å²) >= 11 is 12.8. The fraction of sp³-hybridized carbons (Fsp3) is 0.375. The van der Waals surface area contributed by atoms with Crippen LogP contribution in [0.4, 0.5) is 5.69 Å². The van der Waals surface area contributed by atoms with E-state index >= 15 is 0 Å². The third-order valence-corrected chi connectivity index (χ3v) is 10.2. The Morgan fingerprint density at radius 1 is 0.977 bits per heavy atom. The van der Waals surface area contributed by atoms with Crippen LogP contribution in [0.3, 0.4) is 0 Å². The zero-order valence-electron chi connectivity index (χ0n) is 24.6. The van der Waals surface area contributed by atoms with E-state index in [2.05, 4.69) is 5.32 Å². The molecule has 0 aliphatic heterocycles. The van der Waals surface area contributed by atoms with Crippen molar-refractivity contribution in [3.05, 3.63) is 87.9 Å². The van der Waals surface area contributed by atoms with Crippen molar-refractivity contribution < 1.29 is 22.7 Å². The Balaban J connectivity index is 1.71. The van der Waals surface area contributed by atoms with Crippen molar-refractivity contribution >= 4 is 50.7 Å². The molecule has 0 radical (unpaired) electrons. The third kappa shape index (κ3) is 8.02. The summed E-state index contributed by atoms with van der Waals surface area (Å²) in [6, 6.07) is 17.1. The average molecular weight is 647 g/mol. The number of nitrogens with zero attached hydrogens (tertiary/aromatic N) is 2. The van der Waals surface area contributed by atoms with E-state index in [-0.39, 0.29) is 34.1 Å². The molecule has 1 aliphatic carbocycles. The third-order valence-electron chi connectivity index (χ3n) is 7.73. The van der Waals surface area contributed by atoms with Crippen LogP contribution >= 0.6 is 23.2 Å². The Kier molecular flexibility index (Phi) is 11.0. The predicted molar refractivity (Wildman–Crippen MR) is 170 cm³/mol. The molecular weight excluding hydrogens is 609 g/mol. The number of carbonyl (C=O) groups is 2. The summed E-state index contributed by atoms with van der Waals surface area (Å²) in [7, 11) is -2.77. The van der Waals surface area contributed by atoms with Crippen LogP contribution in [-0.2, 0) is 26.2 Å². The number of halogens is 2. The first-order valence-corrected chi connectivity index (χ1v) is 16.5. The highest BCUT2D eigenvalue weighted by molar-refractivity contribution is 7.92. The van der Waals surface area contributed by atoms with Crippen LogP contribution in [0.2, 0.25) is 10.0 Å². The van der Waals surface area contributed by atoms with Crippen molar-refractivity contribution in [2.75, 3.05) is 18.0 Å². The highest BCUT2D eigenvalue weighted by Crippen LogP contribution is 2.32. The molecule has 1 fully saturated rings. The molecule has 0 unspecified atom stereocenters. The van der Waals surface area contributed by atoms with Gasteiger partial charge in [0.15, 0.2) is 0 Å². The van der Waals surface area contributed by atoms with Crippen LogP contribution in [0, 0.1) is 6.92 Å². The van der Waals surface area contributed by atoms with Crippen LogP contribution in [0.25, 0.3) is 0 Å². The van der Waals surface area contributed by atoms with E-state index in [1.807, 2.05) is 6.92 Å². The van der Waals surface area contributed by atoms with Gasteiger partial charge in [-0.3, -0.25) is 13.9 Å². The first-order valence-electron chi connectivity index (χ1n) is 14.3. The summed E-state index contributed by atoms with van der Waals surface area (Å²) in [5, 5.41) is 3.71. The van der Waals surface area contributed by atoms with E-state index in [0.717, 1.165) is 42.0 Å². The van der Waals surface area contributed by atoms with E-state index in [9.17, 15) is 18.0 Å². The molecule has 11 heteroatoms. The number of hydrogen-bond acceptors (Lipinski definition) is 5. The van der Waals surface area contributed by atoms with E-state index in [1.165, 1.54) is 36.3 Å². The molecule has 2 amide bonds. The van der Waals surface area contributed by atoms with Gasteiger partial charge in [-0.05, 0) is 68.7 Å². The molecular formula is C32H37Cl2N3O5S. The lowest BCUT2D eigenvalue weighted by Crippen LogP contribution is -2.53. The molecule has 4 rings (SSSR count). The lowest BCUT2D eigenvalue weighted by molar-refractivity contribution is -0.139. The predicted octanol–water partition coefficient (Wildman–Crippen LogP) is 6.37. The molecule has 0 saturated heterocycles. The SMILES string of the molecule is COc1ccc(N(CC(=O)N(Cc2ccccc2Cl)[C@H](C)C(=O)NC2CCCCC2)S(=O)(=O)c2ccc(C)cc2)cc1Cl. The number of anilines is 1. The van der Waals surface area contributed by atoms with Crippen molar-refractivity contribution in [1.29, 1.82) is 0 Å². The molecule has 1 N–H and O–H groups in total. The fourth-order valence-corrected chi connectivity index (χ4v) is 6.99. The molecule has 43 heavy (non-hydrogen) atoms. The lowest BCUT2D eigenvalue weighted by Gasteiger charge is -2.33. The first-order chi connectivity index (χ1) is 20.5. The Morgan fingerprint density at radius 3 is 2.28 bits per heavy atom. The van der Waals surface area contributed by atoms with E-state index in [0.29, 0.717) is 16.3 Å². The van der Waals surface area contributed by atoms with Crippen molar-refractivity contribution in [1.82, 2.24) is 10.2 Å². The molecule has 1 saturated carbocycles. The number of benzene rings is 3. The second-order valence-corrected chi connectivity index (χ2v) is 13.5. The Labute approximate surface area is 264 Å². The molecule has 0 spiro atoms. The summed E-state index contributed by atoms with van der Waals surface area (Å²) in [5.74, 6) is -0.514. The molecule has 1 atom stereocenters. The largest absolute Gasteiger partial charge is 0.495 e. The standard InChI is InChI=1S/C32H37Cl2N3O5S/c1-22-13-16-27(17-14-22)43(40,41)37(26-15-18-30(42-3)29(34)19-26)21-31(38)36(20-24-9-7-8-12-28(24)33)23(2)32(39)35-25-10-5-4-6-11-25/h7-9,12-19,23,25H,4-6,10-11,20-21H2,1-3H3,(H,35,39)/t23-/m1/s1. The Hall–Kier alpha value is -3.27. The number of carbonyl (C=O) groups excluding carboxylic acids is 2. The zero-order chi connectivity index (χ0) is 31.1. The van der Waals surface area contributed by atoms with Gasteiger partial charge in [-0.2, -0.15) is 0 Å².